The average Bonchev–Trinajstić information content (AvgIpc) is 2.65. The van der Waals surface area contributed by atoms with Gasteiger partial charge in [0.15, 0.2) is 5.69 Å². The van der Waals surface area contributed by atoms with Gasteiger partial charge in [-0.1, -0.05) is 0 Å². The first-order valence-electron chi connectivity index (χ1n) is 5.25. The first-order valence-corrected chi connectivity index (χ1v) is 7.56. The Labute approximate surface area is 117 Å². The molecular formula is C9H11ClF3N3O3S. The molecule has 0 aliphatic rings. The van der Waals surface area contributed by atoms with E-state index in [1.165, 1.54) is 6.92 Å². The standard InChI is InChI=1S/C9H11ClF3N3O3S/c1-5-7(20(10,18)19)6(15-14-5)8(17)16(2)4-3-9(11,12)13/h3-4H2,1-2H3,(H,14,15). The van der Waals surface area contributed by atoms with Gasteiger partial charge in [0.1, 0.15) is 4.90 Å². The number of rotatable bonds is 4. The van der Waals surface area contributed by atoms with Crippen molar-refractivity contribution in [2.24, 2.45) is 0 Å². The van der Waals surface area contributed by atoms with Gasteiger partial charge in [-0.05, 0) is 6.92 Å². The van der Waals surface area contributed by atoms with E-state index in [4.69, 9.17) is 10.7 Å². The molecule has 0 aliphatic carbocycles. The Hall–Kier alpha value is -1.29. The van der Waals surface area contributed by atoms with Gasteiger partial charge >= 0.3 is 6.18 Å². The predicted molar refractivity (Wildman–Crippen MR) is 64.0 cm³/mol. The van der Waals surface area contributed by atoms with Crippen LogP contribution in [0.2, 0.25) is 0 Å². The number of halogens is 4. The second-order valence-corrected chi connectivity index (χ2v) is 6.56. The molecule has 0 aliphatic heterocycles. The zero-order chi connectivity index (χ0) is 15.7. The molecule has 1 aromatic heterocycles. The molecule has 20 heavy (non-hydrogen) atoms. The summed E-state index contributed by atoms with van der Waals surface area (Å²) >= 11 is 0. The van der Waals surface area contributed by atoms with Crippen molar-refractivity contribution in [2.45, 2.75) is 24.4 Å². The van der Waals surface area contributed by atoms with E-state index >= 15 is 0 Å². The number of amides is 1. The molecule has 1 N–H and O–H groups in total. The molecule has 0 saturated heterocycles. The van der Waals surface area contributed by atoms with Crippen molar-refractivity contribution in [3.05, 3.63) is 11.4 Å². The molecule has 0 saturated carbocycles. The van der Waals surface area contributed by atoms with Gasteiger partial charge in [0.2, 0.25) is 0 Å². The van der Waals surface area contributed by atoms with Gasteiger partial charge in [0.05, 0.1) is 12.1 Å². The number of nitrogens with one attached hydrogen (secondary N) is 1. The van der Waals surface area contributed by atoms with E-state index in [2.05, 4.69) is 10.2 Å². The van der Waals surface area contributed by atoms with Crippen LogP contribution in [-0.4, -0.2) is 49.2 Å². The van der Waals surface area contributed by atoms with Crippen LogP contribution in [0.4, 0.5) is 13.2 Å². The zero-order valence-corrected chi connectivity index (χ0v) is 12.0. The lowest BCUT2D eigenvalue weighted by atomic mass is 10.3. The number of carbonyl (C=O) groups excluding carboxylic acids is 1. The molecule has 0 radical (unpaired) electrons. The summed E-state index contributed by atoms with van der Waals surface area (Å²) < 4.78 is 58.9. The molecular weight excluding hydrogens is 323 g/mol. The minimum atomic E-state index is -4.42. The van der Waals surface area contributed by atoms with E-state index in [9.17, 15) is 26.4 Å². The van der Waals surface area contributed by atoms with Gasteiger partial charge in [-0.25, -0.2) is 8.42 Å². The van der Waals surface area contributed by atoms with Crippen LogP contribution in [-0.2, 0) is 9.05 Å². The number of nitrogens with zero attached hydrogens (tertiary/aromatic N) is 2. The number of alkyl halides is 3. The van der Waals surface area contributed by atoms with Crippen LogP contribution in [0, 0.1) is 6.92 Å². The fraction of sp³-hybridized carbons (Fsp3) is 0.556. The fourth-order valence-corrected chi connectivity index (χ4v) is 2.78. The van der Waals surface area contributed by atoms with E-state index in [-0.39, 0.29) is 5.69 Å². The van der Waals surface area contributed by atoms with E-state index in [0.29, 0.717) is 0 Å². The zero-order valence-electron chi connectivity index (χ0n) is 10.5. The Balaban J connectivity index is 2.99. The molecule has 0 bridgehead atoms. The number of aromatic amines is 1. The lowest BCUT2D eigenvalue weighted by Crippen LogP contribution is -2.31. The van der Waals surface area contributed by atoms with Crippen LogP contribution in [0.15, 0.2) is 4.90 Å². The van der Waals surface area contributed by atoms with Gasteiger partial charge in [-0.15, -0.1) is 0 Å². The van der Waals surface area contributed by atoms with Crippen molar-refractivity contribution < 1.29 is 26.4 Å². The normalized spacial score (nSPS) is 12.5. The molecule has 114 valence electrons. The summed E-state index contributed by atoms with van der Waals surface area (Å²) in [5.41, 5.74) is -0.491. The number of hydrogen-bond donors (Lipinski definition) is 1. The monoisotopic (exact) mass is 333 g/mol. The van der Waals surface area contributed by atoms with Crippen LogP contribution >= 0.6 is 10.7 Å². The lowest BCUT2D eigenvalue weighted by molar-refractivity contribution is -0.136. The highest BCUT2D eigenvalue weighted by Crippen LogP contribution is 2.24. The third-order valence-corrected chi connectivity index (χ3v) is 3.86. The Morgan fingerprint density at radius 1 is 1.45 bits per heavy atom. The molecule has 0 atom stereocenters. The van der Waals surface area contributed by atoms with Gasteiger partial charge < -0.3 is 4.90 Å². The summed E-state index contributed by atoms with van der Waals surface area (Å²) in [6.45, 7) is 0.713. The summed E-state index contributed by atoms with van der Waals surface area (Å²) in [4.78, 5) is 12.1. The second-order valence-electron chi connectivity index (χ2n) is 4.06. The molecule has 1 rings (SSSR count). The van der Waals surface area contributed by atoms with Crippen molar-refractivity contribution >= 4 is 25.6 Å². The molecule has 1 amide bonds. The maximum atomic E-state index is 12.1. The Morgan fingerprint density at radius 2 is 2.00 bits per heavy atom. The Kier molecular flexibility index (Phi) is 4.70. The molecule has 0 aromatic carbocycles. The summed E-state index contributed by atoms with van der Waals surface area (Å²) in [7, 11) is 2.05. The molecule has 0 spiro atoms. The topological polar surface area (TPSA) is 83.1 Å². The third kappa shape index (κ3) is 4.10. The fourth-order valence-electron chi connectivity index (χ4n) is 1.44. The van der Waals surface area contributed by atoms with E-state index in [1.54, 1.807) is 0 Å². The molecule has 6 nitrogen and oxygen atoms in total. The summed E-state index contributed by atoms with van der Waals surface area (Å²) in [6.07, 6.45) is -5.63. The van der Waals surface area contributed by atoms with Crippen molar-refractivity contribution in [1.82, 2.24) is 15.1 Å². The quantitative estimate of drug-likeness (QED) is 0.850. The lowest BCUT2D eigenvalue weighted by Gasteiger charge is -2.17. The van der Waals surface area contributed by atoms with Gasteiger partial charge in [0, 0.05) is 24.3 Å². The van der Waals surface area contributed by atoms with E-state index in [0.717, 1.165) is 11.9 Å². The van der Waals surface area contributed by atoms with Crippen molar-refractivity contribution in [3.8, 4) is 0 Å². The SMILES string of the molecule is Cc1[nH]nc(C(=O)N(C)CCC(F)(F)F)c1S(=O)(=O)Cl. The highest BCUT2D eigenvalue weighted by molar-refractivity contribution is 8.13. The largest absolute Gasteiger partial charge is 0.390 e. The van der Waals surface area contributed by atoms with Crippen molar-refractivity contribution in [3.63, 3.8) is 0 Å². The maximum Gasteiger partial charge on any atom is 0.390 e. The Bertz CT molecular complexity index is 612. The number of aromatic nitrogens is 2. The van der Waals surface area contributed by atoms with Crippen LogP contribution in [0.25, 0.3) is 0 Å². The second kappa shape index (κ2) is 5.60. The Morgan fingerprint density at radius 3 is 2.45 bits per heavy atom. The van der Waals surface area contributed by atoms with Crippen LogP contribution < -0.4 is 0 Å². The number of hydrogen-bond acceptors (Lipinski definition) is 4. The smallest absolute Gasteiger partial charge is 0.340 e. The first-order chi connectivity index (χ1) is 8.93. The maximum absolute atomic E-state index is 12.1. The van der Waals surface area contributed by atoms with Crippen LogP contribution in [0.1, 0.15) is 22.6 Å². The highest BCUT2D eigenvalue weighted by atomic mass is 35.7. The van der Waals surface area contributed by atoms with Gasteiger partial charge in [0.25, 0.3) is 15.0 Å². The van der Waals surface area contributed by atoms with Gasteiger partial charge in [-0.3, -0.25) is 9.89 Å². The highest BCUT2D eigenvalue weighted by Gasteiger charge is 2.31. The molecule has 0 unspecified atom stereocenters. The number of H-pyrrole nitrogens is 1. The van der Waals surface area contributed by atoms with Gasteiger partial charge in [-0.2, -0.15) is 18.3 Å². The summed E-state index contributed by atoms with van der Waals surface area (Å²) in [5, 5.41) is 5.76. The van der Waals surface area contributed by atoms with Crippen LogP contribution in [0.3, 0.4) is 0 Å². The van der Waals surface area contributed by atoms with Crippen LogP contribution in [0.5, 0.6) is 0 Å². The van der Waals surface area contributed by atoms with E-state index in [1.807, 2.05) is 0 Å². The van der Waals surface area contributed by atoms with Crippen molar-refractivity contribution in [1.29, 1.82) is 0 Å². The average molecular weight is 334 g/mol. The molecule has 1 heterocycles. The van der Waals surface area contributed by atoms with E-state index < -0.39 is 44.7 Å². The predicted octanol–water partition coefficient (Wildman–Crippen LogP) is 1.67. The third-order valence-electron chi connectivity index (χ3n) is 2.41. The first kappa shape index (κ1) is 16.8. The minimum absolute atomic E-state index is 0.0348. The number of aryl methyl sites for hydroxylation is 1. The molecule has 0 fully saturated rings. The summed E-state index contributed by atoms with van der Waals surface area (Å²) in [6, 6.07) is 0. The molecule has 11 heteroatoms. The number of carbonyl (C=O) groups is 1. The van der Waals surface area contributed by atoms with Crippen molar-refractivity contribution in [2.75, 3.05) is 13.6 Å². The minimum Gasteiger partial charge on any atom is -0.340 e. The summed E-state index contributed by atoms with van der Waals surface area (Å²) in [5.74, 6) is -0.960. The molecule has 1 aromatic rings.